The molecule has 0 saturated carbocycles. The van der Waals surface area contributed by atoms with E-state index >= 15 is 0 Å². The lowest BCUT2D eigenvalue weighted by atomic mass is 10.1. The minimum atomic E-state index is 0.0160. The first-order valence-electron chi connectivity index (χ1n) is 4.56. The van der Waals surface area contributed by atoms with Crippen LogP contribution < -0.4 is 5.32 Å². The Morgan fingerprint density at radius 1 is 1.64 bits per heavy atom. The lowest BCUT2D eigenvalue weighted by Gasteiger charge is -2.08. The van der Waals surface area contributed by atoms with Gasteiger partial charge < -0.3 is 5.32 Å². The highest BCUT2D eigenvalue weighted by Gasteiger charge is 2.10. The van der Waals surface area contributed by atoms with Crippen molar-refractivity contribution in [1.82, 2.24) is 4.98 Å². The normalized spacial score (nSPS) is 12.2. The van der Waals surface area contributed by atoms with E-state index in [2.05, 4.69) is 26.2 Å². The molecular formula is C10H13BrN2O. The summed E-state index contributed by atoms with van der Waals surface area (Å²) in [5.74, 6) is 0.640. The van der Waals surface area contributed by atoms with E-state index in [-0.39, 0.29) is 11.8 Å². The monoisotopic (exact) mass is 256 g/mol. The van der Waals surface area contributed by atoms with Crippen LogP contribution in [0.15, 0.2) is 22.8 Å². The van der Waals surface area contributed by atoms with Crippen LogP contribution in [-0.4, -0.2) is 10.9 Å². The second kappa shape index (κ2) is 5.10. The van der Waals surface area contributed by atoms with E-state index in [4.69, 9.17) is 0 Å². The van der Waals surface area contributed by atoms with E-state index < -0.39 is 0 Å². The van der Waals surface area contributed by atoms with Crippen LogP contribution >= 0.6 is 15.9 Å². The van der Waals surface area contributed by atoms with Gasteiger partial charge in [0.25, 0.3) is 0 Å². The van der Waals surface area contributed by atoms with Crippen LogP contribution in [0.2, 0.25) is 0 Å². The number of halogens is 1. The fourth-order valence-corrected chi connectivity index (χ4v) is 1.12. The number of carbonyl (C=O) groups excluding carboxylic acids is 1. The molecule has 0 spiro atoms. The van der Waals surface area contributed by atoms with Crippen molar-refractivity contribution in [3.05, 3.63) is 22.8 Å². The molecule has 0 fully saturated rings. The van der Waals surface area contributed by atoms with Gasteiger partial charge in [0, 0.05) is 16.6 Å². The molecule has 1 N–H and O–H groups in total. The third-order valence-corrected chi connectivity index (χ3v) is 2.51. The largest absolute Gasteiger partial charge is 0.310 e. The minimum Gasteiger partial charge on any atom is -0.310 e. The topological polar surface area (TPSA) is 42.0 Å². The van der Waals surface area contributed by atoms with Gasteiger partial charge in [0.1, 0.15) is 5.82 Å². The molecule has 1 atom stereocenters. The van der Waals surface area contributed by atoms with Crippen molar-refractivity contribution in [1.29, 1.82) is 0 Å². The number of nitrogens with zero attached hydrogens (tertiary/aromatic N) is 1. The standard InChI is InChI=1S/C10H13BrN2O/c1-3-7(2)10(14)13-9-5-4-8(11)6-12-9/h4-7H,3H2,1-2H3,(H,12,13,14). The van der Waals surface area contributed by atoms with Crippen LogP contribution in [0.1, 0.15) is 20.3 Å². The molecule has 4 heteroatoms. The summed E-state index contributed by atoms with van der Waals surface area (Å²) >= 11 is 3.28. The second-order valence-electron chi connectivity index (χ2n) is 3.16. The number of hydrogen-bond donors (Lipinski definition) is 1. The van der Waals surface area contributed by atoms with Gasteiger partial charge >= 0.3 is 0 Å². The van der Waals surface area contributed by atoms with E-state index in [1.165, 1.54) is 0 Å². The minimum absolute atomic E-state index is 0.0160. The summed E-state index contributed by atoms with van der Waals surface area (Å²) in [4.78, 5) is 15.5. The number of aromatic nitrogens is 1. The summed E-state index contributed by atoms with van der Waals surface area (Å²) < 4.78 is 0.902. The molecule has 0 bridgehead atoms. The highest BCUT2D eigenvalue weighted by molar-refractivity contribution is 9.10. The summed E-state index contributed by atoms with van der Waals surface area (Å²) in [6, 6.07) is 3.61. The highest BCUT2D eigenvalue weighted by Crippen LogP contribution is 2.11. The fourth-order valence-electron chi connectivity index (χ4n) is 0.885. The smallest absolute Gasteiger partial charge is 0.228 e. The summed E-state index contributed by atoms with van der Waals surface area (Å²) in [5.41, 5.74) is 0. The predicted octanol–water partition coefficient (Wildman–Crippen LogP) is 2.83. The summed E-state index contributed by atoms with van der Waals surface area (Å²) in [6.45, 7) is 3.88. The van der Waals surface area contributed by atoms with Gasteiger partial charge in [-0.15, -0.1) is 0 Å². The van der Waals surface area contributed by atoms with E-state index in [0.29, 0.717) is 5.82 Å². The molecule has 1 aromatic rings. The lowest BCUT2D eigenvalue weighted by molar-refractivity contribution is -0.119. The number of anilines is 1. The fraction of sp³-hybridized carbons (Fsp3) is 0.400. The van der Waals surface area contributed by atoms with E-state index in [9.17, 15) is 4.79 Å². The van der Waals surface area contributed by atoms with Gasteiger partial charge in [0.2, 0.25) is 5.91 Å². The zero-order valence-electron chi connectivity index (χ0n) is 8.25. The van der Waals surface area contributed by atoms with E-state index in [1.807, 2.05) is 19.9 Å². The molecule has 0 aromatic carbocycles. The number of nitrogens with one attached hydrogen (secondary N) is 1. The molecule has 1 unspecified atom stereocenters. The molecule has 0 aliphatic rings. The molecular weight excluding hydrogens is 244 g/mol. The van der Waals surface area contributed by atoms with Crippen LogP contribution in [0.5, 0.6) is 0 Å². The van der Waals surface area contributed by atoms with Crippen molar-refractivity contribution in [3.63, 3.8) is 0 Å². The first-order valence-corrected chi connectivity index (χ1v) is 5.35. The van der Waals surface area contributed by atoms with Gasteiger partial charge in [0.15, 0.2) is 0 Å². The Balaban J connectivity index is 2.60. The summed E-state index contributed by atoms with van der Waals surface area (Å²) in [5, 5.41) is 2.75. The lowest BCUT2D eigenvalue weighted by Crippen LogP contribution is -2.20. The van der Waals surface area contributed by atoms with E-state index in [1.54, 1.807) is 12.3 Å². The molecule has 3 nitrogen and oxygen atoms in total. The van der Waals surface area contributed by atoms with Gasteiger partial charge in [-0.2, -0.15) is 0 Å². The Hall–Kier alpha value is -0.900. The molecule has 14 heavy (non-hydrogen) atoms. The van der Waals surface area contributed by atoms with Gasteiger partial charge in [-0.05, 0) is 34.5 Å². The van der Waals surface area contributed by atoms with Crippen molar-refractivity contribution < 1.29 is 4.79 Å². The highest BCUT2D eigenvalue weighted by atomic mass is 79.9. The van der Waals surface area contributed by atoms with Crippen LogP contribution in [0, 0.1) is 5.92 Å². The Morgan fingerprint density at radius 2 is 2.36 bits per heavy atom. The zero-order chi connectivity index (χ0) is 10.6. The molecule has 1 heterocycles. The van der Waals surface area contributed by atoms with Crippen molar-refractivity contribution >= 4 is 27.7 Å². The average molecular weight is 257 g/mol. The van der Waals surface area contributed by atoms with Gasteiger partial charge in [0.05, 0.1) is 0 Å². The number of carbonyl (C=O) groups is 1. The number of rotatable bonds is 3. The predicted molar refractivity (Wildman–Crippen MR) is 60.0 cm³/mol. The first-order chi connectivity index (χ1) is 6.63. The molecule has 76 valence electrons. The third kappa shape index (κ3) is 3.10. The van der Waals surface area contributed by atoms with Crippen LogP contribution in [0.3, 0.4) is 0 Å². The Morgan fingerprint density at radius 3 is 2.86 bits per heavy atom. The molecule has 1 amide bonds. The van der Waals surface area contributed by atoms with E-state index in [0.717, 1.165) is 10.9 Å². The molecule has 0 saturated heterocycles. The van der Waals surface area contributed by atoms with Crippen molar-refractivity contribution in [2.75, 3.05) is 5.32 Å². The molecule has 1 aromatic heterocycles. The van der Waals surface area contributed by atoms with Gasteiger partial charge in [-0.1, -0.05) is 13.8 Å². The van der Waals surface area contributed by atoms with Crippen LogP contribution in [0.25, 0.3) is 0 Å². The van der Waals surface area contributed by atoms with Crippen molar-refractivity contribution in [2.45, 2.75) is 20.3 Å². The molecule has 0 aliphatic heterocycles. The Bertz CT molecular complexity index is 310. The zero-order valence-corrected chi connectivity index (χ0v) is 9.84. The summed E-state index contributed by atoms with van der Waals surface area (Å²) in [7, 11) is 0. The van der Waals surface area contributed by atoms with Crippen molar-refractivity contribution in [2.24, 2.45) is 5.92 Å². The van der Waals surface area contributed by atoms with Crippen LogP contribution in [0.4, 0.5) is 5.82 Å². The van der Waals surface area contributed by atoms with Crippen LogP contribution in [-0.2, 0) is 4.79 Å². The Kier molecular flexibility index (Phi) is 4.07. The number of amides is 1. The SMILES string of the molecule is CCC(C)C(=O)Nc1ccc(Br)cn1. The number of pyridine rings is 1. The maximum atomic E-state index is 11.5. The molecule has 0 aliphatic carbocycles. The van der Waals surface area contributed by atoms with Crippen molar-refractivity contribution in [3.8, 4) is 0 Å². The quantitative estimate of drug-likeness (QED) is 0.904. The molecule has 1 rings (SSSR count). The number of hydrogen-bond acceptors (Lipinski definition) is 2. The second-order valence-corrected chi connectivity index (χ2v) is 4.08. The third-order valence-electron chi connectivity index (χ3n) is 2.04. The summed E-state index contributed by atoms with van der Waals surface area (Å²) in [6.07, 6.45) is 2.49. The van der Waals surface area contributed by atoms with Gasteiger partial charge in [-0.25, -0.2) is 4.98 Å². The maximum absolute atomic E-state index is 11.5. The average Bonchev–Trinajstić information content (AvgIpc) is 2.20. The maximum Gasteiger partial charge on any atom is 0.228 e. The molecule has 0 radical (unpaired) electrons. The van der Waals surface area contributed by atoms with Gasteiger partial charge in [-0.3, -0.25) is 4.79 Å². The Labute approximate surface area is 92.1 Å². The first kappa shape index (κ1) is 11.2.